The SMILES string of the molecule is Cc1ccc(Cl)c2c1C(=O)/C(=C\c1cc3c(nc(-c4ccccc4)n3C)s1)C2=O. The van der Waals surface area contributed by atoms with Crippen molar-refractivity contribution in [2.75, 3.05) is 0 Å². The molecule has 0 aliphatic heterocycles. The lowest BCUT2D eigenvalue weighted by molar-refractivity contribution is 0.0990. The summed E-state index contributed by atoms with van der Waals surface area (Å²) >= 11 is 7.66. The number of rotatable bonds is 2. The molecule has 4 aromatic rings. The first-order valence-electron chi connectivity index (χ1n) is 9.07. The minimum absolute atomic E-state index is 0.158. The van der Waals surface area contributed by atoms with Gasteiger partial charge < -0.3 is 4.57 Å². The van der Waals surface area contributed by atoms with Gasteiger partial charge in [0.25, 0.3) is 0 Å². The van der Waals surface area contributed by atoms with Crippen LogP contribution in [0, 0.1) is 6.92 Å². The minimum atomic E-state index is -0.311. The largest absolute Gasteiger partial charge is 0.326 e. The summed E-state index contributed by atoms with van der Waals surface area (Å²) in [6, 6.07) is 15.4. The summed E-state index contributed by atoms with van der Waals surface area (Å²) in [7, 11) is 1.96. The Morgan fingerprint density at radius 1 is 1.03 bits per heavy atom. The Balaban J connectivity index is 1.58. The number of thiophene rings is 1. The average Bonchev–Trinajstić information content (AvgIpc) is 3.33. The van der Waals surface area contributed by atoms with Gasteiger partial charge >= 0.3 is 0 Å². The molecule has 2 aromatic carbocycles. The molecule has 0 unspecified atom stereocenters. The number of hydrogen-bond donors (Lipinski definition) is 0. The van der Waals surface area contributed by atoms with Crippen LogP contribution < -0.4 is 0 Å². The van der Waals surface area contributed by atoms with E-state index in [2.05, 4.69) is 0 Å². The molecule has 0 saturated heterocycles. The van der Waals surface area contributed by atoms with Gasteiger partial charge in [-0.25, -0.2) is 4.98 Å². The number of nitrogens with zero attached hydrogens (tertiary/aromatic N) is 2. The summed E-state index contributed by atoms with van der Waals surface area (Å²) < 4.78 is 2.03. The first-order valence-corrected chi connectivity index (χ1v) is 10.3. The molecule has 0 amide bonds. The lowest BCUT2D eigenvalue weighted by atomic mass is 10.0. The zero-order valence-corrected chi connectivity index (χ0v) is 17.3. The van der Waals surface area contributed by atoms with Gasteiger partial charge in [0.15, 0.2) is 11.6 Å². The molecule has 1 aliphatic rings. The van der Waals surface area contributed by atoms with E-state index in [1.54, 1.807) is 18.2 Å². The second-order valence-corrected chi connectivity index (χ2v) is 8.50. The van der Waals surface area contributed by atoms with Crippen LogP contribution in [-0.2, 0) is 7.05 Å². The van der Waals surface area contributed by atoms with Gasteiger partial charge in [-0.05, 0) is 30.7 Å². The van der Waals surface area contributed by atoms with Crippen molar-refractivity contribution >= 4 is 50.9 Å². The van der Waals surface area contributed by atoms with E-state index >= 15 is 0 Å². The van der Waals surface area contributed by atoms with Gasteiger partial charge in [0.05, 0.1) is 21.7 Å². The maximum Gasteiger partial charge on any atom is 0.199 e. The number of ketones is 2. The Kier molecular flexibility index (Phi) is 4.05. The van der Waals surface area contributed by atoms with E-state index < -0.39 is 0 Å². The third-order valence-electron chi connectivity index (χ3n) is 5.22. The molecule has 0 spiro atoms. The summed E-state index contributed by atoms with van der Waals surface area (Å²) in [6.07, 6.45) is 1.66. The molecule has 2 heterocycles. The van der Waals surface area contributed by atoms with Crippen molar-refractivity contribution in [3.63, 3.8) is 0 Å². The first kappa shape index (κ1) is 18.0. The Labute approximate surface area is 176 Å². The zero-order valence-electron chi connectivity index (χ0n) is 15.7. The molecule has 142 valence electrons. The molecule has 6 heteroatoms. The smallest absolute Gasteiger partial charge is 0.199 e. The summed E-state index contributed by atoms with van der Waals surface area (Å²) in [6.45, 7) is 1.82. The van der Waals surface area contributed by atoms with E-state index in [1.165, 1.54) is 11.3 Å². The summed E-state index contributed by atoms with van der Waals surface area (Å²) in [4.78, 5) is 32.2. The average molecular weight is 419 g/mol. The van der Waals surface area contributed by atoms with Crippen LogP contribution in [0.4, 0.5) is 0 Å². The standard InChI is InChI=1S/C23H15ClN2O2S/c1-12-8-9-16(24)19-18(12)20(27)15(21(19)28)10-14-11-17-23(29-14)25-22(26(17)2)13-6-4-3-5-7-13/h3-11H,1-2H3/b15-10+. The molecule has 0 fully saturated rings. The molecule has 1 aliphatic carbocycles. The lowest BCUT2D eigenvalue weighted by Gasteiger charge is -2.01. The fourth-order valence-electron chi connectivity index (χ4n) is 3.75. The zero-order chi connectivity index (χ0) is 20.3. The second-order valence-electron chi connectivity index (χ2n) is 7.03. The van der Waals surface area contributed by atoms with Crippen molar-refractivity contribution < 1.29 is 9.59 Å². The van der Waals surface area contributed by atoms with Gasteiger partial charge in [-0.2, -0.15) is 0 Å². The van der Waals surface area contributed by atoms with E-state index in [9.17, 15) is 9.59 Å². The number of aromatic nitrogens is 2. The van der Waals surface area contributed by atoms with E-state index in [0.717, 1.165) is 32.2 Å². The van der Waals surface area contributed by atoms with Crippen molar-refractivity contribution in [1.82, 2.24) is 9.55 Å². The number of aryl methyl sites for hydroxylation is 2. The summed E-state index contributed by atoms with van der Waals surface area (Å²) in [5.41, 5.74) is 3.65. The number of halogens is 1. The third-order valence-corrected chi connectivity index (χ3v) is 6.50. The third kappa shape index (κ3) is 2.69. The van der Waals surface area contributed by atoms with Crippen molar-refractivity contribution in [1.29, 1.82) is 0 Å². The number of fused-ring (bicyclic) bond motifs is 2. The Morgan fingerprint density at radius 2 is 1.76 bits per heavy atom. The van der Waals surface area contributed by atoms with Gasteiger partial charge in [-0.3, -0.25) is 9.59 Å². The number of allylic oxidation sites excluding steroid dienone is 1. The Hall–Kier alpha value is -3.02. The number of carbonyl (C=O) groups excluding carboxylic acids is 2. The summed E-state index contributed by atoms with van der Waals surface area (Å²) in [5, 5.41) is 0.317. The molecule has 0 atom stereocenters. The van der Waals surface area contributed by atoms with Crippen molar-refractivity contribution in [2.24, 2.45) is 7.05 Å². The van der Waals surface area contributed by atoms with Crippen LogP contribution in [-0.4, -0.2) is 21.1 Å². The quantitative estimate of drug-likeness (QED) is 0.308. The molecule has 4 nitrogen and oxygen atoms in total. The highest BCUT2D eigenvalue weighted by atomic mass is 35.5. The summed E-state index contributed by atoms with van der Waals surface area (Å²) in [5.74, 6) is 0.309. The monoisotopic (exact) mass is 418 g/mol. The Morgan fingerprint density at radius 3 is 2.45 bits per heavy atom. The van der Waals surface area contributed by atoms with Crippen LogP contribution in [0.1, 0.15) is 31.2 Å². The predicted octanol–water partition coefficient (Wildman–Crippen LogP) is 5.73. The van der Waals surface area contributed by atoms with E-state index in [4.69, 9.17) is 16.6 Å². The molecule has 0 saturated carbocycles. The molecule has 0 bridgehead atoms. The fourth-order valence-corrected chi connectivity index (χ4v) is 5.00. The Bertz CT molecular complexity index is 1320. The van der Waals surface area contributed by atoms with Crippen LogP contribution in [0.5, 0.6) is 0 Å². The maximum atomic E-state index is 12.9. The fraction of sp³-hybridized carbons (Fsp3) is 0.0870. The number of Topliss-reactive ketones (excluding diaryl/α,β-unsaturated/α-hetero) is 2. The second kappa shape index (κ2) is 6.51. The van der Waals surface area contributed by atoms with Crippen LogP contribution in [0.25, 0.3) is 27.8 Å². The highest BCUT2D eigenvalue weighted by Gasteiger charge is 2.36. The van der Waals surface area contributed by atoms with E-state index in [1.807, 2.05) is 54.9 Å². The van der Waals surface area contributed by atoms with E-state index in [0.29, 0.717) is 16.1 Å². The molecular formula is C23H15ClN2O2S. The number of benzene rings is 2. The lowest BCUT2D eigenvalue weighted by Crippen LogP contribution is -2.00. The highest BCUT2D eigenvalue weighted by Crippen LogP contribution is 2.37. The maximum absolute atomic E-state index is 12.9. The van der Waals surface area contributed by atoms with Gasteiger partial charge in [0.2, 0.25) is 0 Å². The van der Waals surface area contributed by atoms with Gasteiger partial charge in [-0.1, -0.05) is 48.0 Å². The molecule has 0 radical (unpaired) electrons. The van der Waals surface area contributed by atoms with Gasteiger partial charge in [0, 0.05) is 23.1 Å². The minimum Gasteiger partial charge on any atom is -0.326 e. The van der Waals surface area contributed by atoms with Crippen molar-refractivity contribution in [3.05, 3.63) is 80.7 Å². The van der Waals surface area contributed by atoms with Crippen molar-refractivity contribution in [3.8, 4) is 11.4 Å². The normalized spacial score (nSPS) is 14.9. The number of hydrogen-bond acceptors (Lipinski definition) is 4. The van der Waals surface area contributed by atoms with Crippen molar-refractivity contribution in [2.45, 2.75) is 6.92 Å². The van der Waals surface area contributed by atoms with Gasteiger partial charge in [0.1, 0.15) is 10.7 Å². The predicted molar refractivity (Wildman–Crippen MR) is 117 cm³/mol. The number of imidazole rings is 1. The van der Waals surface area contributed by atoms with Crippen LogP contribution in [0.2, 0.25) is 5.02 Å². The molecular weight excluding hydrogens is 404 g/mol. The molecule has 0 N–H and O–H groups in total. The van der Waals surface area contributed by atoms with Crippen LogP contribution in [0.3, 0.4) is 0 Å². The number of carbonyl (C=O) groups is 2. The molecule has 2 aromatic heterocycles. The van der Waals surface area contributed by atoms with E-state index in [-0.39, 0.29) is 17.1 Å². The topological polar surface area (TPSA) is 52.0 Å². The van der Waals surface area contributed by atoms with Crippen LogP contribution >= 0.6 is 22.9 Å². The van der Waals surface area contributed by atoms with Crippen LogP contribution in [0.15, 0.2) is 54.1 Å². The molecule has 29 heavy (non-hydrogen) atoms. The highest BCUT2D eigenvalue weighted by molar-refractivity contribution is 7.19. The first-order chi connectivity index (χ1) is 14.0. The molecule has 5 rings (SSSR count). The van der Waals surface area contributed by atoms with Gasteiger partial charge in [-0.15, -0.1) is 11.3 Å².